The van der Waals surface area contributed by atoms with Crippen LogP contribution in [0.3, 0.4) is 0 Å². The van der Waals surface area contributed by atoms with E-state index in [2.05, 4.69) is 9.97 Å². The van der Waals surface area contributed by atoms with Crippen molar-refractivity contribution in [3.05, 3.63) is 42.2 Å². The van der Waals surface area contributed by atoms with Crippen LogP contribution in [0.4, 0.5) is 0 Å². The highest BCUT2D eigenvalue weighted by molar-refractivity contribution is 7.98. The molecule has 0 amide bonds. The summed E-state index contributed by atoms with van der Waals surface area (Å²) in [6, 6.07) is 3.65. The minimum absolute atomic E-state index is 0.0514. The Hall–Kier alpha value is -1.82. The fraction of sp³-hybridized carbons (Fsp3) is 0.100. The lowest BCUT2D eigenvalue weighted by molar-refractivity contribution is 0.0689. The predicted molar refractivity (Wildman–Crippen MR) is 57.3 cm³/mol. The summed E-state index contributed by atoms with van der Waals surface area (Å²) < 4.78 is 5.15. The van der Waals surface area contributed by atoms with E-state index >= 15 is 0 Å². The van der Waals surface area contributed by atoms with E-state index in [-0.39, 0.29) is 5.69 Å². The van der Waals surface area contributed by atoms with Gasteiger partial charge in [0.05, 0.1) is 24.4 Å². The Bertz CT molecular complexity index is 485. The summed E-state index contributed by atoms with van der Waals surface area (Å²) in [7, 11) is 0. The van der Waals surface area contributed by atoms with E-state index in [9.17, 15) is 4.79 Å². The Balaban J connectivity index is 2.04. The third-order valence-corrected chi connectivity index (χ3v) is 2.70. The number of carboxylic acid groups (broad SMARTS) is 1. The molecule has 16 heavy (non-hydrogen) atoms. The Morgan fingerprint density at radius 3 is 3.06 bits per heavy atom. The maximum Gasteiger partial charge on any atom is 0.356 e. The normalized spacial score (nSPS) is 10.2. The van der Waals surface area contributed by atoms with Crippen LogP contribution in [0.1, 0.15) is 16.2 Å². The molecule has 5 nitrogen and oxygen atoms in total. The molecule has 0 spiro atoms. The van der Waals surface area contributed by atoms with E-state index in [4.69, 9.17) is 9.52 Å². The average Bonchev–Trinajstić information content (AvgIpc) is 2.79. The molecule has 2 aromatic rings. The summed E-state index contributed by atoms with van der Waals surface area (Å²) in [4.78, 5) is 18.4. The lowest BCUT2D eigenvalue weighted by atomic mass is 10.5. The summed E-state index contributed by atoms with van der Waals surface area (Å²) in [5.41, 5.74) is -0.0514. The molecule has 0 aliphatic heterocycles. The summed E-state index contributed by atoms with van der Waals surface area (Å²) in [6.45, 7) is 0. The van der Waals surface area contributed by atoms with E-state index in [1.165, 1.54) is 24.2 Å². The van der Waals surface area contributed by atoms with Gasteiger partial charge in [0.1, 0.15) is 10.8 Å². The standard InChI is InChI=1S/C10H8N2O3S/c13-10(14)8-4-11-5-9(12-8)16-6-7-2-1-3-15-7/h1-5H,6H2,(H,13,14). The number of carbonyl (C=O) groups is 1. The Morgan fingerprint density at radius 2 is 2.38 bits per heavy atom. The van der Waals surface area contributed by atoms with Gasteiger partial charge in [0.2, 0.25) is 0 Å². The second kappa shape index (κ2) is 4.80. The molecule has 0 aromatic carbocycles. The first-order chi connectivity index (χ1) is 7.75. The van der Waals surface area contributed by atoms with Crippen molar-refractivity contribution in [3.8, 4) is 0 Å². The second-order valence-electron chi connectivity index (χ2n) is 2.92. The molecule has 0 unspecified atom stereocenters. The number of hydrogen-bond donors (Lipinski definition) is 1. The number of nitrogens with zero attached hydrogens (tertiary/aromatic N) is 2. The smallest absolute Gasteiger partial charge is 0.356 e. The number of aromatic nitrogens is 2. The zero-order valence-corrected chi connectivity index (χ0v) is 8.98. The lowest BCUT2D eigenvalue weighted by Gasteiger charge is -1.99. The minimum Gasteiger partial charge on any atom is -0.476 e. The van der Waals surface area contributed by atoms with E-state index in [0.717, 1.165) is 5.76 Å². The molecule has 82 valence electrons. The molecule has 0 aliphatic rings. The third kappa shape index (κ3) is 2.60. The SMILES string of the molecule is O=C(O)c1cncc(SCc2ccco2)n1. The van der Waals surface area contributed by atoms with Crippen molar-refractivity contribution in [1.82, 2.24) is 9.97 Å². The zero-order valence-electron chi connectivity index (χ0n) is 8.16. The number of carboxylic acids is 1. The van der Waals surface area contributed by atoms with Crippen LogP contribution in [0.25, 0.3) is 0 Å². The Labute approximate surface area is 95.5 Å². The highest BCUT2D eigenvalue weighted by Gasteiger charge is 2.07. The van der Waals surface area contributed by atoms with Crippen molar-refractivity contribution in [2.24, 2.45) is 0 Å². The van der Waals surface area contributed by atoms with Gasteiger partial charge in [-0.05, 0) is 12.1 Å². The van der Waals surface area contributed by atoms with Crippen LogP contribution < -0.4 is 0 Å². The molecule has 1 N–H and O–H groups in total. The summed E-state index contributed by atoms with van der Waals surface area (Å²) >= 11 is 1.38. The summed E-state index contributed by atoms with van der Waals surface area (Å²) in [6.07, 6.45) is 4.34. The Kier molecular flexibility index (Phi) is 3.21. The van der Waals surface area contributed by atoms with Crippen LogP contribution in [0, 0.1) is 0 Å². The molecular weight excluding hydrogens is 228 g/mol. The second-order valence-corrected chi connectivity index (χ2v) is 3.91. The topological polar surface area (TPSA) is 76.2 Å². The van der Waals surface area contributed by atoms with Gasteiger partial charge >= 0.3 is 5.97 Å². The van der Waals surface area contributed by atoms with Gasteiger partial charge in [-0.25, -0.2) is 9.78 Å². The molecule has 2 heterocycles. The number of thioether (sulfide) groups is 1. The Morgan fingerprint density at radius 1 is 1.50 bits per heavy atom. The van der Waals surface area contributed by atoms with Gasteiger partial charge in [0, 0.05) is 0 Å². The molecule has 0 aliphatic carbocycles. The maximum atomic E-state index is 10.7. The van der Waals surface area contributed by atoms with E-state index < -0.39 is 5.97 Å². The first-order valence-corrected chi connectivity index (χ1v) is 5.45. The molecule has 2 aromatic heterocycles. The largest absolute Gasteiger partial charge is 0.476 e. The molecule has 0 atom stereocenters. The van der Waals surface area contributed by atoms with Crippen LogP contribution in [-0.2, 0) is 5.75 Å². The van der Waals surface area contributed by atoms with Crippen LogP contribution in [-0.4, -0.2) is 21.0 Å². The summed E-state index contributed by atoms with van der Waals surface area (Å²) in [5.74, 6) is 0.338. The highest BCUT2D eigenvalue weighted by atomic mass is 32.2. The maximum absolute atomic E-state index is 10.7. The summed E-state index contributed by atoms with van der Waals surface area (Å²) in [5, 5.41) is 9.30. The van der Waals surface area contributed by atoms with Gasteiger partial charge in [-0.15, -0.1) is 0 Å². The average molecular weight is 236 g/mol. The van der Waals surface area contributed by atoms with Crippen LogP contribution in [0.5, 0.6) is 0 Å². The fourth-order valence-corrected chi connectivity index (χ4v) is 1.81. The van der Waals surface area contributed by atoms with Crippen molar-refractivity contribution < 1.29 is 14.3 Å². The van der Waals surface area contributed by atoms with Crippen LogP contribution in [0.15, 0.2) is 40.2 Å². The molecule has 0 radical (unpaired) electrons. The number of rotatable bonds is 4. The van der Waals surface area contributed by atoms with Gasteiger partial charge in [0.15, 0.2) is 5.69 Å². The van der Waals surface area contributed by atoms with Crippen molar-refractivity contribution in [3.63, 3.8) is 0 Å². The predicted octanol–water partition coefficient (Wildman–Crippen LogP) is 2.06. The first-order valence-electron chi connectivity index (χ1n) is 4.46. The van der Waals surface area contributed by atoms with Gasteiger partial charge in [0.25, 0.3) is 0 Å². The van der Waals surface area contributed by atoms with Gasteiger partial charge in [-0.2, -0.15) is 0 Å². The third-order valence-electron chi connectivity index (χ3n) is 1.77. The number of furan rings is 1. The molecular formula is C10H8N2O3S. The monoisotopic (exact) mass is 236 g/mol. The zero-order chi connectivity index (χ0) is 11.4. The van der Waals surface area contributed by atoms with E-state index in [0.29, 0.717) is 10.8 Å². The quantitative estimate of drug-likeness (QED) is 0.819. The van der Waals surface area contributed by atoms with Gasteiger partial charge < -0.3 is 9.52 Å². The van der Waals surface area contributed by atoms with Crippen molar-refractivity contribution >= 4 is 17.7 Å². The fourth-order valence-electron chi connectivity index (χ4n) is 1.06. The van der Waals surface area contributed by atoms with Crippen LogP contribution in [0.2, 0.25) is 0 Å². The van der Waals surface area contributed by atoms with Crippen molar-refractivity contribution in [2.75, 3.05) is 0 Å². The first kappa shape index (κ1) is 10.7. The minimum atomic E-state index is -1.08. The molecule has 0 saturated carbocycles. The number of aromatic carboxylic acids is 1. The molecule has 0 saturated heterocycles. The van der Waals surface area contributed by atoms with Crippen molar-refractivity contribution in [1.29, 1.82) is 0 Å². The number of hydrogen-bond acceptors (Lipinski definition) is 5. The van der Waals surface area contributed by atoms with Gasteiger partial charge in [-0.3, -0.25) is 4.98 Å². The molecule has 0 fully saturated rings. The highest BCUT2D eigenvalue weighted by Crippen LogP contribution is 2.20. The molecule has 0 bridgehead atoms. The molecule has 2 rings (SSSR count). The van der Waals surface area contributed by atoms with Crippen molar-refractivity contribution in [2.45, 2.75) is 10.8 Å². The van der Waals surface area contributed by atoms with Gasteiger partial charge in [-0.1, -0.05) is 11.8 Å². The molecule has 6 heteroatoms. The lowest BCUT2D eigenvalue weighted by Crippen LogP contribution is -2.01. The van der Waals surface area contributed by atoms with E-state index in [1.54, 1.807) is 12.3 Å². The van der Waals surface area contributed by atoms with Crippen LogP contribution >= 0.6 is 11.8 Å². The van der Waals surface area contributed by atoms with E-state index in [1.807, 2.05) is 6.07 Å².